The van der Waals surface area contributed by atoms with Gasteiger partial charge in [-0.05, 0) is 23.8 Å². The van der Waals surface area contributed by atoms with Crippen LogP contribution in [0, 0.1) is 0 Å². The van der Waals surface area contributed by atoms with E-state index in [2.05, 4.69) is 20.3 Å². The lowest BCUT2D eigenvalue weighted by molar-refractivity contribution is 0.151. The zero-order valence-corrected chi connectivity index (χ0v) is 12.0. The second-order valence-electron chi connectivity index (χ2n) is 4.58. The molecule has 3 rings (SSSR count). The van der Waals surface area contributed by atoms with Crippen LogP contribution in [-0.2, 0) is 6.42 Å². The first-order chi connectivity index (χ1) is 10.6. The molecule has 0 atom stereocenters. The predicted octanol–water partition coefficient (Wildman–Crippen LogP) is 3.24. The highest BCUT2D eigenvalue weighted by molar-refractivity contribution is 6.31. The van der Waals surface area contributed by atoms with Crippen molar-refractivity contribution in [3.8, 4) is 5.69 Å². The summed E-state index contributed by atoms with van der Waals surface area (Å²) >= 11 is 5.75. The Kier molecular flexibility index (Phi) is 4.06. The van der Waals surface area contributed by atoms with E-state index >= 15 is 0 Å². The number of halogens is 3. The van der Waals surface area contributed by atoms with Gasteiger partial charge < -0.3 is 0 Å². The smallest absolute Gasteiger partial charge is 0.245 e. The quantitative estimate of drug-likeness (QED) is 0.740. The molecule has 2 heterocycles. The van der Waals surface area contributed by atoms with Crippen molar-refractivity contribution in [2.45, 2.75) is 12.8 Å². The van der Waals surface area contributed by atoms with Crippen LogP contribution >= 0.6 is 11.6 Å². The number of aromatic nitrogens is 5. The van der Waals surface area contributed by atoms with Gasteiger partial charge in [0, 0.05) is 29.4 Å². The van der Waals surface area contributed by atoms with E-state index in [0.717, 1.165) is 5.56 Å². The Morgan fingerprint density at radius 1 is 1.18 bits per heavy atom. The molecule has 5 nitrogen and oxygen atoms in total. The average Bonchev–Trinajstić information content (AvgIpc) is 2.97. The number of benzene rings is 1. The summed E-state index contributed by atoms with van der Waals surface area (Å²) in [5.41, 5.74) is 1.82. The van der Waals surface area contributed by atoms with Gasteiger partial charge in [-0.15, -0.1) is 5.10 Å². The fourth-order valence-corrected chi connectivity index (χ4v) is 2.18. The number of rotatable bonds is 4. The van der Waals surface area contributed by atoms with Crippen LogP contribution in [0.5, 0.6) is 0 Å². The van der Waals surface area contributed by atoms with Crippen LogP contribution in [0.15, 0.2) is 43.1 Å². The molecule has 0 fully saturated rings. The zero-order valence-electron chi connectivity index (χ0n) is 11.2. The summed E-state index contributed by atoms with van der Waals surface area (Å²) in [6.45, 7) is 0. The third-order valence-corrected chi connectivity index (χ3v) is 3.36. The SMILES string of the molecule is FC(F)c1cc(-n2cc(Cc3cncnc3)nn2)ccc1Cl. The van der Waals surface area contributed by atoms with Crippen molar-refractivity contribution in [3.63, 3.8) is 0 Å². The fraction of sp³-hybridized carbons (Fsp3) is 0.143. The first-order valence-corrected chi connectivity index (χ1v) is 6.74. The molecule has 0 unspecified atom stereocenters. The van der Waals surface area contributed by atoms with Crippen LogP contribution in [0.25, 0.3) is 5.69 Å². The van der Waals surface area contributed by atoms with Crippen molar-refractivity contribution in [3.05, 3.63) is 65.0 Å². The number of hydrogen-bond acceptors (Lipinski definition) is 4. The van der Waals surface area contributed by atoms with Gasteiger partial charge in [0.2, 0.25) is 0 Å². The molecule has 0 saturated heterocycles. The molecule has 0 radical (unpaired) electrons. The molecule has 112 valence electrons. The Hall–Kier alpha value is -2.41. The minimum atomic E-state index is -2.64. The number of nitrogens with zero attached hydrogens (tertiary/aromatic N) is 5. The van der Waals surface area contributed by atoms with E-state index in [9.17, 15) is 8.78 Å². The van der Waals surface area contributed by atoms with Gasteiger partial charge in [-0.3, -0.25) is 0 Å². The van der Waals surface area contributed by atoms with E-state index in [-0.39, 0.29) is 10.6 Å². The maximum absolute atomic E-state index is 12.9. The van der Waals surface area contributed by atoms with Crippen LogP contribution < -0.4 is 0 Å². The van der Waals surface area contributed by atoms with Gasteiger partial charge in [-0.2, -0.15) is 0 Å². The van der Waals surface area contributed by atoms with E-state index in [4.69, 9.17) is 11.6 Å². The van der Waals surface area contributed by atoms with E-state index in [1.807, 2.05) is 0 Å². The van der Waals surface area contributed by atoms with Crippen LogP contribution in [0.3, 0.4) is 0 Å². The van der Waals surface area contributed by atoms with Gasteiger partial charge in [0.05, 0.1) is 17.6 Å². The lowest BCUT2D eigenvalue weighted by Gasteiger charge is -2.06. The maximum Gasteiger partial charge on any atom is 0.265 e. The second kappa shape index (κ2) is 6.15. The van der Waals surface area contributed by atoms with Crippen molar-refractivity contribution in [1.29, 1.82) is 0 Å². The van der Waals surface area contributed by atoms with Gasteiger partial charge in [-0.25, -0.2) is 23.4 Å². The Morgan fingerprint density at radius 2 is 1.95 bits per heavy atom. The lowest BCUT2D eigenvalue weighted by atomic mass is 10.2. The summed E-state index contributed by atoms with van der Waals surface area (Å²) < 4.78 is 27.2. The Balaban J connectivity index is 1.86. The molecule has 2 aromatic heterocycles. The normalized spacial score (nSPS) is 11.1. The second-order valence-corrected chi connectivity index (χ2v) is 4.99. The monoisotopic (exact) mass is 321 g/mol. The highest BCUT2D eigenvalue weighted by atomic mass is 35.5. The predicted molar refractivity (Wildman–Crippen MR) is 76.2 cm³/mol. The van der Waals surface area contributed by atoms with Crippen molar-refractivity contribution in [2.75, 3.05) is 0 Å². The number of alkyl halides is 2. The summed E-state index contributed by atoms with van der Waals surface area (Å²) in [7, 11) is 0. The molecule has 3 aromatic rings. The molecule has 0 N–H and O–H groups in total. The van der Waals surface area contributed by atoms with Gasteiger partial charge in [0.1, 0.15) is 6.33 Å². The third kappa shape index (κ3) is 3.09. The molecule has 0 aliphatic carbocycles. The van der Waals surface area contributed by atoms with Crippen molar-refractivity contribution >= 4 is 11.6 Å². The molecule has 0 aliphatic heterocycles. The molecule has 0 bridgehead atoms. The largest absolute Gasteiger partial charge is 0.265 e. The van der Waals surface area contributed by atoms with E-state index in [1.54, 1.807) is 24.7 Å². The van der Waals surface area contributed by atoms with Crippen LogP contribution in [0.4, 0.5) is 8.78 Å². The van der Waals surface area contributed by atoms with E-state index in [1.165, 1.54) is 23.1 Å². The number of hydrogen-bond donors (Lipinski definition) is 0. The minimum Gasteiger partial charge on any atom is -0.245 e. The van der Waals surface area contributed by atoms with Crippen molar-refractivity contribution in [2.24, 2.45) is 0 Å². The Labute approximate surface area is 129 Å². The van der Waals surface area contributed by atoms with Gasteiger partial charge in [0.25, 0.3) is 6.43 Å². The first-order valence-electron chi connectivity index (χ1n) is 6.36. The molecular formula is C14H10ClF2N5. The highest BCUT2D eigenvalue weighted by Crippen LogP contribution is 2.28. The van der Waals surface area contributed by atoms with Crippen LogP contribution in [0.1, 0.15) is 23.2 Å². The summed E-state index contributed by atoms with van der Waals surface area (Å²) in [6, 6.07) is 4.33. The molecule has 0 spiro atoms. The molecule has 1 aromatic carbocycles. The topological polar surface area (TPSA) is 56.5 Å². The Bertz CT molecular complexity index is 776. The third-order valence-electron chi connectivity index (χ3n) is 3.02. The zero-order chi connectivity index (χ0) is 15.5. The lowest BCUT2D eigenvalue weighted by Crippen LogP contribution is -1.97. The molecular weight excluding hydrogens is 312 g/mol. The van der Waals surface area contributed by atoms with Gasteiger partial charge >= 0.3 is 0 Å². The fourth-order valence-electron chi connectivity index (χ4n) is 1.98. The Morgan fingerprint density at radius 3 is 2.68 bits per heavy atom. The van der Waals surface area contributed by atoms with E-state index < -0.39 is 6.43 Å². The summed E-state index contributed by atoms with van der Waals surface area (Å²) in [6.07, 6.45) is 4.35. The van der Waals surface area contributed by atoms with Crippen LogP contribution in [0.2, 0.25) is 5.02 Å². The molecule has 0 aliphatic rings. The summed E-state index contributed by atoms with van der Waals surface area (Å²) in [5, 5.41) is 8.00. The summed E-state index contributed by atoms with van der Waals surface area (Å²) in [4.78, 5) is 7.84. The average molecular weight is 322 g/mol. The van der Waals surface area contributed by atoms with Crippen LogP contribution in [-0.4, -0.2) is 25.0 Å². The maximum atomic E-state index is 12.9. The van der Waals surface area contributed by atoms with Crippen molar-refractivity contribution in [1.82, 2.24) is 25.0 Å². The first kappa shape index (κ1) is 14.5. The van der Waals surface area contributed by atoms with E-state index in [0.29, 0.717) is 17.8 Å². The standard InChI is InChI=1S/C14H10ClF2N5/c15-13-2-1-11(4-12(13)14(16)17)22-7-10(20-21-22)3-9-5-18-8-19-6-9/h1-2,4-8,14H,3H2. The minimum absolute atomic E-state index is 0.0283. The molecule has 0 amide bonds. The molecule has 22 heavy (non-hydrogen) atoms. The van der Waals surface area contributed by atoms with Crippen molar-refractivity contribution < 1.29 is 8.78 Å². The van der Waals surface area contributed by atoms with Gasteiger partial charge in [0.15, 0.2) is 0 Å². The van der Waals surface area contributed by atoms with Gasteiger partial charge in [-0.1, -0.05) is 16.8 Å². The molecule has 0 saturated carbocycles. The highest BCUT2D eigenvalue weighted by Gasteiger charge is 2.14. The summed E-state index contributed by atoms with van der Waals surface area (Å²) in [5.74, 6) is 0. The molecule has 8 heteroatoms.